The largest absolute Gasteiger partial charge is 0.361 e. The van der Waals surface area contributed by atoms with Crippen molar-refractivity contribution in [1.29, 1.82) is 0 Å². The highest BCUT2D eigenvalue weighted by atomic mass is 16.6. The summed E-state index contributed by atoms with van der Waals surface area (Å²) in [5.41, 5.74) is 2.19. The van der Waals surface area contributed by atoms with Gasteiger partial charge in [-0.2, -0.15) is 0 Å². The van der Waals surface area contributed by atoms with Crippen LogP contribution in [-0.2, 0) is 36.8 Å². The SMILES string of the molecule is Cc1ccc(CCC(=O)NC(CC(C)C)C(=O)N[C@@H](Cc2ccccc2)C(=O)NC(CC(C)C)C(=O)C2(C)CO2)cc1. The monoisotopic (exact) mass is 577 g/mol. The molecule has 228 valence electrons. The molecule has 3 rings (SSSR count). The molecule has 0 aliphatic carbocycles. The standard InChI is InChI=1S/C34H47N3O5/c1-22(2)18-27(31(39)34(6)21-42-34)36-33(41)29(20-26-10-8-7-9-11-26)37-32(40)28(19-23(3)4)35-30(38)17-16-25-14-12-24(5)13-15-25/h7-15,22-23,27-29H,16-21H2,1-6H3,(H,35,38)(H,36,41)(H,37,40)/t27?,28?,29-,34?/m0/s1. The highest BCUT2D eigenvalue weighted by Crippen LogP contribution is 2.29. The van der Waals surface area contributed by atoms with E-state index in [1.54, 1.807) is 6.92 Å². The summed E-state index contributed by atoms with van der Waals surface area (Å²) in [4.78, 5) is 53.3. The van der Waals surface area contributed by atoms with Gasteiger partial charge < -0.3 is 20.7 Å². The summed E-state index contributed by atoms with van der Waals surface area (Å²) in [6, 6.07) is 15.0. The predicted molar refractivity (Wildman–Crippen MR) is 164 cm³/mol. The third-order valence-electron chi connectivity index (χ3n) is 7.47. The second-order valence-corrected chi connectivity index (χ2v) is 12.6. The molecule has 1 heterocycles. The minimum absolute atomic E-state index is 0.131. The van der Waals surface area contributed by atoms with Gasteiger partial charge in [0.05, 0.1) is 12.6 Å². The number of ether oxygens (including phenoxy) is 1. The van der Waals surface area contributed by atoms with E-state index in [1.165, 1.54) is 0 Å². The summed E-state index contributed by atoms with van der Waals surface area (Å²) >= 11 is 0. The van der Waals surface area contributed by atoms with Crippen LogP contribution in [0.1, 0.15) is 70.6 Å². The number of aryl methyl sites for hydroxylation is 2. The third-order valence-corrected chi connectivity index (χ3v) is 7.47. The molecule has 4 atom stereocenters. The summed E-state index contributed by atoms with van der Waals surface area (Å²) in [5.74, 6) is -0.952. The van der Waals surface area contributed by atoms with Crippen molar-refractivity contribution in [3.05, 3.63) is 71.3 Å². The minimum atomic E-state index is -0.936. The van der Waals surface area contributed by atoms with Crippen LogP contribution < -0.4 is 16.0 Å². The Hall–Kier alpha value is -3.52. The van der Waals surface area contributed by atoms with Gasteiger partial charge in [-0.25, -0.2) is 0 Å². The van der Waals surface area contributed by atoms with Crippen molar-refractivity contribution >= 4 is 23.5 Å². The lowest BCUT2D eigenvalue weighted by Gasteiger charge is -2.27. The predicted octanol–water partition coefficient (Wildman–Crippen LogP) is 4.07. The molecule has 42 heavy (non-hydrogen) atoms. The number of rotatable bonds is 16. The highest BCUT2D eigenvalue weighted by molar-refractivity contribution is 5.98. The van der Waals surface area contributed by atoms with Gasteiger partial charge in [0, 0.05) is 12.8 Å². The first-order valence-electron chi connectivity index (χ1n) is 15.0. The van der Waals surface area contributed by atoms with Crippen LogP contribution in [0, 0.1) is 18.8 Å². The van der Waals surface area contributed by atoms with Gasteiger partial charge in [-0.15, -0.1) is 0 Å². The molecule has 3 N–H and O–H groups in total. The smallest absolute Gasteiger partial charge is 0.243 e. The maximum atomic E-state index is 13.7. The zero-order valence-corrected chi connectivity index (χ0v) is 25.9. The van der Waals surface area contributed by atoms with Gasteiger partial charge in [0.2, 0.25) is 17.7 Å². The van der Waals surface area contributed by atoms with Crippen molar-refractivity contribution in [3.63, 3.8) is 0 Å². The Bertz CT molecular complexity index is 1210. The van der Waals surface area contributed by atoms with Gasteiger partial charge >= 0.3 is 0 Å². The number of carbonyl (C=O) groups is 4. The van der Waals surface area contributed by atoms with Crippen molar-refractivity contribution in [2.75, 3.05) is 6.61 Å². The van der Waals surface area contributed by atoms with Gasteiger partial charge in [0.15, 0.2) is 5.78 Å². The van der Waals surface area contributed by atoms with Crippen molar-refractivity contribution in [2.45, 2.75) is 97.4 Å². The van der Waals surface area contributed by atoms with E-state index in [2.05, 4.69) is 16.0 Å². The van der Waals surface area contributed by atoms with Crippen LogP contribution in [-0.4, -0.2) is 53.8 Å². The number of hydrogen-bond acceptors (Lipinski definition) is 5. The molecule has 8 heteroatoms. The van der Waals surface area contributed by atoms with E-state index < -0.39 is 35.5 Å². The number of benzene rings is 2. The fourth-order valence-electron chi connectivity index (χ4n) is 4.91. The summed E-state index contributed by atoms with van der Waals surface area (Å²) in [7, 11) is 0. The first kappa shape index (κ1) is 33.0. The molecule has 8 nitrogen and oxygen atoms in total. The number of ketones is 1. The fraction of sp³-hybridized carbons (Fsp3) is 0.529. The number of carbonyl (C=O) groups excluding carboxylic acids is 4. The molecule has 2 aromatic rings. The molecular weight excluding hydrogens is 530 g/mol. The van der Waals surface area contributed by atoms with Crippen molar-refractivity contribution in [1.82, 2.24) is 16.0 Å². The minimum Gasteiger partial charge on any atom is -0.361 e. The van der Waals surface area contributed by atoms with E-state index in [4.69, 9.17) is 4.74 Å². The molecule has 0 radical (unpaired) electrons. The Labute approximate surface area is 250 Å². The van der Waals surface area contributed by atoms with Crippen LogP contribution in [0.3, 0.4) is 0 Å². The normalized spacial score (nSPS) is 18.2. The summed E-state index contributed by atoms with van der Waals surface area (Å²) in [5, 5.41) is 8.71. The van der Waals surface area contributed by atoms with E-state index in [9.17, 15) is 19.2 Å². The van der Waals surface area contributed by atoms with Crippen LogP contribution in [0.2, 0.25) is 0 Å². The molecule has 1 aliphatic rings. The first-order valence-corrected chi connectivity index (χ1v) is 15.0. The van der Waals surface area contributed by atoms with Crippen molar-refractivity contribution < 1.29 is 23.9 Å². The topological polar surface area (TPSA) is 117 Å². The Morgan fingerprint density at radius 2 is 1.31 bits per heavy atom. The Morgan fingerprint density at radius 1 is 0.762 bits per heavy atom. The number of nitrogens with one attached hydrogen (secondary N) is 3. The Balaban J connectivity index is 1.73. The molecule has 3 amide bonds. The molecular formula is C34H47N3O5. The number of hydrogen-bond donors (Lipinski definition) is 3. The van der Waals surface area contributed by atoms with E-state index in [1.807, 2.05) is 89.2 Å². The summed E-state index contributed by atoms with van der Waals surface area (Å²) < 4.78 is 5.37. The zero-order valence-electron chi connectivity index (χ0n) is 25.9. The van der Waals surface area contributed by atoms with Crippen LogP contribution in [0.15, 0.2) is 54.6 Å². The van der Waals surface area contributed by atoms with Crippen molar-refractivity contribution in [3.8, 4) is 0 Å². The molecule has 1 aliphatic heterocycles. The van der Waals surface area contributed by atoms with Crippen LogP contribution in [0.4, 0.5) is 0 Å². The maximum Gasteiger partial charge on any atom is 0.243 e. The Morgan fingerprint density at radius 3 is 1.88 bits per heavy atom. The molecule has 1 saturated heterocycles. The summed E-state index contributed by atoms with van der Waals surface area (Å²) in [6.07, 6.45) is 1.94. The molecule has 0 aromatic heterocycles. The lowest BCUT2D eigenvalue weighted by Crippen LogP contribution is -2.57. The molecule has 0 bridgehead atoms. The van der Waals surface area contributed by atoms with E-state index >= 15 is 0 Å². The zero-order chi connectivity index (χ0) is 30.9. The second-order valence-electron chi connectivity index (χ2n) is 12.6. The molecule has 2 aromatic carbocycles. The highest BCUT2D eigenvalue weighted by Gasteiger charge is 2.50. The first-order chi connectivity index (χ1) is 19.9. The lowest BCUT2D eigenvalue weighted by atomic mass is 9.93. The average Bonchev–Trinajstić information content (AvgIpc) is 3.69. The fourth-order valence-corrected chi connectivity index (χ4v) is 4.91. The Kier molecular flexibility index (Phi) is 11.9. The van der Waals surface area contributed by atoms with Gasteiger partial charge in [-0.05, 0) is 56.1 Å². The van der Waals surface area contributed by atoms with Crippen LogP contribution in [0.5, 0.6) is 0 Å². The quantitative estimate of drug-likeness (QED) is 0.260. The van der Waals surface area contributed by atoms with Gasteiger partial charge in [0.1, 0.15) is 17.7 Å². The van der Waals surface area contributed by atoms with Crippen LogP contribution in [0.25, 0.3) is 0 Å². The average molecular weight is 578 g/mol. The molecule has 3 unspecified atom stereocenters. The molecule has 0 spiro atoms. The molecule has 1 fully saturated rings. The van der Waals surface area contributed by atoms with E-state index in [-0.39, 0.29) is 36.4 Å². The van der Waals surface area contributed by atoms with E-state index in [0.29, 0.717) is 25.9 Å². The maximum absolute atomic E-state index is 13.7. The van der Waals surface area contributed by atoms with Gasteiger partial charge in [-0.1, -0.05) is 87.9 Å². The van der Waals surface area contributed by atoms with E-state index in [0.717, 1.165) is 16.7 Å². The lowest BCUT2D eigenvalue weighted by molar-refractivity contribution is -0.134. The van der Waals surface area contributed by atoms with Crippen LogP contribution >= 0.6 is 0 Å². The molecule has 0 saturated carbocycles. The second kappa shape index (κ2) is 15.1. The van der Waals surface area contributed by atoms with Crippen molar-refractivity contribution in [2.24, 2.45) is 11.8 Å². The summed E-state index contributed by atoms with van der Waals surface area (Å²) in [6.45, 7) is 12.0. The third kappa shape index (κ3) is 10.4. The number of amides is 3. The van der Waals surface area contributed by atoms with Gasteiger partial charge in [0.25, 0.3) is 0 Å². The number of epoxide rings is 1. The van der Waals surface area contributed by atoms with Gasteiger partial charge in [-0.3, -0.25) is 19.2 Å². The number of Topliss-reactive ketones (excluding diaryl/α,β-unsaturated/α-hetero) is 1.